The summed E-state index contributed by atoms with van der Waals surface area (Å²) in [5.74, 6) is 1.72. The maximum Gasteiger partial charge on any atom is 0.136 e. The van der Waals surface area contributed by atoms with Crippen LogP contribution in [0.25, 0.3) is 64.4 Å². The predicted octanol–water partition coefficient (Wildman–Crippen LogP) is 13.8. The largest absolute Gasteiger partial charge is 0.457 e. The summed E-state index contributed by atoms with van der Waals surface area (Å²) < 4.78 is 16.0. The van der Waals surface area contributed by atoms with Gasteiger partial charge in [-0.2, -0.15) is 0 Å². The minimum Gasteiger partial charge on any atom is -0.457 e. The summed E-state index contributed by atoms with van der Waals surface area (Å²) in [7, 11) is 0. The second-order valence-electron chi connectivity index (χ2n) is 13.6. The highest BCUT2D eigenvalue weighted by atomic mass is 32.1. The van der Waals surface area contributed by atoms with Crippen LogP contribution in [0.1, 0.15) is 22.3 Å². The normalized spacial score (nSPS) is 13.3. The summed E-state index contributed by atoms with van der Waals surface area (Å²) >= 11 is 1.85. The molecule has 52 heavy (non-hydrogen) atoms. The minimum absolute atomic E-state index is 0.536. The lowest BCUT2D eigenvalue weighted by Gasteiger charge is -2.41. The van der Waals surface area contributed by atoms with Crippen LogP contribution in [0.5, 0.6) is 11.5 Å². The third kappa shape index (κ3) is 4.24. The number of para-hydroxylation sites is 1. The lowest BCUT2D eigenvalue weighted by Crippen LogP contribution is -2.34. The Hall–Kier alpha value is -6.42. The number of hydrogen-bond acceptors (Lipinski definition) is 3. The van der Waals surface area contributed by atoms with Crippen molar-refractivity contribution in [3.8, 4) is 33.8 Å². The molecule has 0 unspecified atom stereocenters. The van der Waals surface area contributed by atoms with Crippen LogP contribution in [0, 0.1) is 0 Å². The van der Waals surface area contributed by atoms with Crippen molar-refractivity contribution in [2.45, 2.75) is 5.41 Å². The molecule has 2 aromatic heterocycles. The van der Waals surface area contributed by atoms with Gasteiger partial charge in [-0.1, -0.05) is 133 Å². The smallest absolute Gasteiger partial charge is 0.136 e. The summed E-state index contributed by atoms with van der Waals surface area (Å²) in [6.07, 6.45) is 0. The van der Waals surface area contributed by atoms with Gasteiger partial charge < -0.3 is 9.15 Å². The zero-order chi connectivity index (χ0) is 34.2. The van der Waals surface area contributed by atoms with Crippen LogP contribution < -0.4 is 4.74 Å². The average Bonchev–Trinajstić information content (AvgIpc) is 3.78. The van der Waals surface area contributed by atoms with Gasteiger partial charge in [-0.15, -0.1) is 11.3 Å². The van der Waals surface area contributed by atoms with Gasteiger partial charge >= 0.3 is 0 Å². The Labute approximate surface area is 304 Å². The zero-order valence-electron chi connectivity index (χ0n) is 28.0. The van der Waals surface area contributed by atoms with Crippen molar-refractivity contribution in [3.05, 3.63) is 204 Å². The molecular weight excluding hydrogens is 653 g/mol. The van der Waals surface area contributed by atoms with Gasteiger partial charge in [-0.3, -0.25) is 0 Å². The lowest BCUT2D eigenvalue weighted by molar-refractivity contribution is 0.435. The molecule has 0 saturated heterocycles. The molecule has 244 valence electrons. The molecule has 0 bridgehead atoms. The maximum absolute atomic E-state index is 6.76. The van der Waals surface area contributed by atoms with Crippen LogP contribution in [-0.4, -0.2) is 0 Å². The van der Waals surface area contributed by atoms with E-state index in [1.54, 1.807) is 0 Å². The molecule has 8 aromatic carbocycles. The van der Waals surface area contributed by atoms with Gasteiger partial charge in [-0.05, 0) is 81.9 Å². The van der Waals surface area contributed by atoms with Gasteiger partial charge in [-0.25, -0.2) is 0 Å². The van der Waals surface area contributed by atoms with Gasteiger partial charge in [0.25, 0.3) is 0 Å². The Morgan fingerprint density at radius 1 is 0.404 bits per heavy atom. The third-order valence-electron chi connectivity index (χ3n) is 10.8. The molecule has 0 N–H and O–H groups in total. The van der Waals surface area contributed by atoms with E-state index in [-0.39, 0.29) is 0 Å². The Morgan fingerprint density at radius 3 is 1.79 bits per heavy atom. The minimum atomic E-state index is -0.536. The fraction of sp³-hybridized carbons (Fsp3) is 0.0204. The second kappa shape index (κ2) is 11.3. The van der Waals surface area contributed by atoms with E-state index < -0.39 is 5.41 Å². The van der Waals surface area contributed by atoms with Gasteiger partial charge in [0.05, 0.1) is 5.41 Å². The first kappa shape index (κ1) is 29.3. The molecule has 1 aliphatic rings. The standard InChI is InChI=1S/C49H30O2S/c1-3-12-34(13-4-1)49(35-14-5-2-6-15-35)40-18-8-9-19-42(40)50-45-29-32(24-27-41(45)49)31-22-25-37-38-26-23-33(30-44(38)51-43(37)28-31)36-17-11-21-47-48(36)39-16-7-10-20-46(39)52-47/h1-30H. The number of furan rings is 1. The average molecular weight is 683 g/mol. The van der Waals surface area contributed by atoms with Crippen LogP contribution in [0.15, 0.2) is 186 Å². The quantitative estimate of drug-likeness (QED) is 0.184. The van der Waals surface area contributed by atoms with E-state index in [0.717, 1.165) is 61.3 Å². The van der Waals surface area contributed by atoms with E-state index in [1.807, 2.05) is 11.3 Å². The van der Waals surface area contributed by atoms with E-state index in [9.17, 15) is 0 Å². The van der Waals surface area contributed by atoms with Crippen LogP contribution >= 0.6 is 11.3 Å². The number of hydrogen-bond donors (Lipinski definition) is 0. The van der Waals surface area contributed by atoms with E-state index >= 15 is 0 Å². The molecule has 0 fully saturated rings. The summed E-state index contributed by atoms with van der Waals surface area (Å²) in [4.78, 5) is 0. The van der Waals surface area contributed by atoms with Crippen molar-refractivity contribution in [1.82, 2.24) is 0 Å². The van der Waals surface area contributed by atoms with Gasteiger partial charge in [0.1, 0.15) is 22.7 Å². The molecule has 0 atom stereocenters. The van der Waals surface area contributed by atoms with E-state index in [4.69, 9.17) is 9.15 Å². The molecule has 0 radical (unpaired) electrons. The van der Waals surface area contributed by atoms with Crippen molar-refractivity contribution in [2.24, 2.45) is 0 Å². The monoisotopic (exact) mass is 682 g/mol. The summed E-state index contributed by atoms with van der Waals surface area (Å²) in [5, 5.41) is 4.84. The highest BCUT2D eigenvalue weighted by Gasteiger charge is 2.45. The fourth-order valence-corrected chi connectivity index (χ4v) is 9.66. The van der Waals surface area contributed by atoms with Crippen LogP contribution in [0.4, 0.5) is 0 Å². The molecule has 0 aliphatic carbocycles. The summed E-state index contributed by atoms with van der Waals surface area (Å²) in [6, 6.07) is 65.2. The van der Waals surface area contributed by atoms with E-state index in [0.29, 0.717) is 0 Å². The molecule has 0 saturated carbocycles. The van der Waals surface area contributed by atoms with Crippen molar-refractivity contribution in [2.75, 3.05) is 0 Å². The van der Waals surface area contributed by atoms with Gasteiger partial charge in [0.2, 0.25) is 0 Å². The maximum atomic E-state index is 6.76. The molecule has 1 aliphatic heterocycles. The topological polar surface area (TPSA) is 22.4 Å². The Kier molecular flexibility index (Phi) is 6.37. The molecule has 0 amide bonds. The van der Waals surface area contributed by atoms with Crippen molar-refractivity contribution in [3.63, 3.8) is 0 Å². The first-order valence-electron chi connectivity index (χ1n) is 17.7. The van der Waals surface area contributed by atoms with Crippen LogP contribution in [0.3, 0.4) is 0 Å². The predicted molar refractivity (Wildman–Crippen MR) is 216 cm³/mol. The number of ether oxygens (including phenoxy) is 1. The number of rotatable bonds is 4. The molecule has 3 heterocycles. The third-order valence-corrected chi connectivity index (χ3v) is 12.0. The van der Waals surface area contributed by atoms with Crippen LogP contribution in [0.2, 0.25) is 0 Å². The van der Waals surface area contributed by atoms with E-state index in [1.165, 1.54) is 36.9 Å². The lowest BCUT2D eigenvalue weighted by atomic mass is 9.63. The van der Waals surface area contributed by atoms with Gasteiger partial charge in [0, 0.05) is 42.1 Å². The fourth-order valence-electron chi connectivity index (χ4n) is 8.53. The number of thiophene rings is 1. The molecular formula is C49H30O2S. The zero-order valence-corrected chi connectivity index (χ0v) is 28.9. The Balaban J connectivity index is 1.04. The SMILES string of the molecule is c1ccc(C2(c3ccccc3)c3ccccc3Oc3cc(-c4ccc5c(c4)oc4cc(-c6cccc7sc8ccccc8c67)ccc45)ccc32)cc1. The first-order chi connectivity index (χ1) is 25.8. The van der Waals surface area contributed by atoms with Crippen molar-refractivity contribution < 1.29 is 9.15 Å². The first-order valence-corrected chi connectivity index (χ1v) is 18.5. The highest BCUT2D eigenvalue weighted by molar-refractivity contribution is 7.25. The number of benzene rings is 8. The Bertz CT molecular complexity index is 2950. The molecule has 3 heteroatoms. The molecule has 10 aromatic rings. The highest BCUT2D eigenvalue weighted by Crippen LogP contribution is 2.56. The van der Waals surface area contributed by atoms with E-state index in [2.05, 4.69) is 182 Å². The number of fused-ring (bicyclic) bond motifs is 8. The molecule has 11 rings (SSSR count). The summed E-state index contributed by atoms with van der Waals surface area (Å²) in [6.45, 7) is 0. The molecule has 0 spiro atoms. The van der Waals surface area contributed by atoms with Gasteiger partial charge in [0.15, 0.2) is 0 Å². The van der Waals surface area contributed by atoms with Crippen molar-refractivity contribution in [1.29, 1.82) is 0 Å². The summed E-state index contributed by atoms with van der Waals surface area (Å²) in [5.41, 5.74) is 10.4. The molecule has 2 nitrogen and oxygen atoms in total. The second-order valence-corrected chi connectivity index (χ2v) is 14.7. The van der Waals surface area contributed by atoms with Crippen molar-refractivity contribution >= 4 is 53.4 Å². The Morgan fingerprint density at radius 2 is 1.00 bits per heavy atom. The van der Waals surface area contributed by atoms with Crippen LogP contribution in [-0.2, 0) is 5.41 Å².